The molecule has 3 nitrogen and oxygen atoms in total. The normalized spacial score (nSPS) is 14.8. The fraction of sp³-hybridized carbons (Fsp3) is 0.727. The van der Waals surface area contributed by atoms with Crippen LogP contribution in [0, 0.1) is 5.92 Å². The average Bonchev–Trinajstić information content (AvgIpc) is 2.17. The Balaban J connectivity index is 4.22. The molecule has 2 atom stereocenters. The number of rotatable bonds is 7. The summed E-state index contributed by atoms with van der Waals surface area (Å²) in [6, 6.07) is 0. The predicted molar refractivity (Wildman–Crippen MR) is 56.1 cm³/mol. The molecular formula is C11H20O3. The van der Waals surface area contributed by atoms with Gasteiger partial charge >= 0.3 is 5.97 Å². The highest BCUT2D eigenvalue weighted by molar-refractivity contribution is 5.86. The smallest absolute Gasteiger partial charge is 0.333 e. The Morgan fingerprint density at radius 3 is 2.36 bits per heavy atom. The van der Waals surface area contributed by atoms with E-state index in [1.807, 2.05) is 6.92 Å². The number of aliphatic carboxylic acids is 1. The zero-order valence-corrected chi connectivity index (χ0v) is 8.99. The Kier molecular flexibility index (Phi) is 6.21. The Bertz CT molecular complexity index is 199. The van der Waals surface area contributed by atoms with Crippen LogP contribution in [-0.2, 0) is 4.79 Å². The van der Waals surface area contributed by atoms with Gasteiger partial charge in [-0.3, -0.25) is 0 Å². The summed E-state index contributed by atoms with van der Waals surface area (Å²) in [6.07, 6.45) is 2.82. The molecule has 0 fully saturated rings. The molecule has 0 saturated carbocycles. The highest BCUT2D eigenvalue weighted by atomic mass is 16.4. The summed E-state index contributed by atoms with van der Waals surface area (Å²) >= 11 is 0. The fourth-order valence-electron chi connectivity index (χ4n) is 1.46. The summed E-state index contributed by atoms with van der Waals surface area (Å²) in [4.78, 5) is 10.6. The summed E-state index contributed by atoms with van der Waals surface area (Å²) in [5.41, 5.74) is -0.0899. The molecule has 0 radical (unpaired) electrons. The van der Waals surface area contributed by atoms with Gasteiger partial charge in [0.1, 0.15) is 0 Å². The first-order valence-corrected chi connectivity index (χ1v) is 5.14. The third-order valence-corrected chi connectivity index (χ3v) is 2.53. The molecule has 0 aromatic carbocycles. The fourth-order valence-corrected chi connectivity index (χ4v) is 1.46. The maximum Gasteiger partial charge on any atom is 0.333 e. The molecule has 2 unspecified atom stereocenters. The molecule has 2 N–H and O–H groups in total. The molecule has 0 rings (SSSR count). The number of aliphatic hydroxyl groups excluding tert-OH is 1. The van der Waals surface area contributed by atoms with Gasteiger partial charge in [-0.2, -0.15) is 0 Å². The summed E-state index contributed by atoms with van der Waals surface area (Å²) in [7, 11) is 0. The monoisotopic (exact) mass is 200 g/mol. The van der Waals surface area contributed by atoms with Crippen molar-refractivity contribution >= 4 is 5.97 Å². The van der Waals surface area contributed by atoms with Crippen molar-refractivity contribution in [2.24, 2.45) is 5.92 Å². The number of aliphatic hydroxyl groups is 1. The first-order chi connectivity index (χ1) is 6.54. The summed E-state index contributed by atoms with van der Waals surface area (Å²) in [5.74, 6) is -1.08. The van der Waals surface area contributed by atoms with Gasteiger partial charge < -0.3 is 10.2 Å². The third kappa shape index (κ3) is 3.92. The van der Waals surface area contributed by atoms with Crippen molar-refractivity contribution in [1.29, 1.82) is 0 Å². The number of carbonyl (C=O) groups is 1. The van der Waals surface area contributed by atoms with Crippen molar-refractivity contribution in [1.82, 2.24) is 0 Å². The first-order valence-electron chi connectivity index (χ1n) is 5.14. The highest BCUT2D eigenvalue weighted by Crippen LogP contribution is 2.21. The highest BCUT2D eigenvalue weighted by Gasteiger charge is 2.23. The van der Waals surface area contributed by atoms with Gasteiger partial charge in [0.2, 0.25) is 0 Å². The molecule has 0 aliphatic rings. The molecule has 0 aliphatic carbocycles. The van der Waals surface area contributed by atoms with Gasteiger partial charge in [-0.1, -0.05) is 39.7 Å². The van der Waals surface area contributed by atoms with Gasteiger partial charge in [0.05, 0.1) is 11.7 Å². The van der Waals surface area contributed by atoms with Crippen molar-refractivity contribution in [2.45, 2.75) is 45.6 Å². The van der Waals surface area contributed by atoms with Crippen LogP contribution in [0.5, 0.6) is 0 Å². The van der Waals surface area contributed by atoms with E-state index in [0.717, 1.165) is 25.7 Å². The van der Waals surface area contributed by atoms with Crippen LogP contribution in [0.3, 0.4) is 0 Å². The molecule has 0 bridgehead atoms. The van der Waals surface area contributed by atoms with Gasteiger partial charge in [0.25, 0.3) is 0 Å². The molecule has 0 aliphatic heterocycles. The number of hydrogen-bond donors (Lipinski definition) is 2. The lowest BCUT2D eigenvalue weighted by Crippen LogP contribution is -2.25. The summed E-state index contributed by atoms with van der Waals surface area (Å²) in [5, 5.41) is 18.4. The lowest BCUT2D eigenvalue weighted by Gasteiger charge is -2.21. The van der Waals surface area contributed by atoms with E-state index in [4.69, 9.17) is 5.11 Å². The molecule has 0 saturated heterocycles. The lowest BCUT2D eigenvalue weighted by atomic mass is 9.89. The first kappa shape index (κ1) is 13.2. The molecule has 0 aromatic heterocycles. The van der Waals surface area contributed by atoms with Crippen molar-refractivity contribution in [3.05, 3.63) is 12.2 Å². The lowest BCUT2D eigenvalue weighted by molar-refractivity contribution is -0.134. The van der Waals surface area contributed by atoms with Crippen molar-refractivity contribution in [3.8, 4) is 0 Å². The van der Waals surface area contributed by atoms with Crippen LogP contribution in [0.4, 0.5) is 0 Å². The molecule has 82 valence electrons. The second-order valence-electron chi connectivity index (χ2n) is 3.59. The van der Waals surface area contributed by atoms with E-state index in [9.17, 15) is 9.90 Å². The zero-order valence-electron chi connectivity index (χ0n) is 8.99. The Morgan fingerprint density at radius 2 is 2.00 bits per heavy atom. The molecule has 0 spiro atoms. The summed E-state index contributed by atoms with van der Waals surface area (Å²) in [6.45, 7) is 7.41. The number of carboxylic acid groups (broad SMARTS) is 1. The van der Waals surface area contributed by atoms with Gasteiger partial charge in [-0.05, 0) is 12.3 Å². The van der Waals surface area contributed by atoms with Crippen LogP contribution in [0.1, 0.15) is 39.5 Å². The minimum atomic E-state index is -1.10. The van der Waals surface area contributed by atoms with Crippen LogP contribution in [0.25, 0.3) is 0 Å². The van der Waals surface area contributed by atoms with Gasteiger partial charge in [0.15, 0.2) is 0 Å². The van der Waals surface area contributed by atoms with Crippen LogP contribution in [0.15, 0.2) is 12.2 Å². The van der Waals surface area contributed by atoms with Crippen LogP contribution in [-0.4, -0.2) is 22.3 Å². The third-order valence-electron chi connectivity index (χ3n) is 2.53. The quantitative estimate of drug-likeness (QED) is 0.619. The molecule has 14 heavy (non-hydrogen) atoms. The number of hydrogen-bond acceptors (Lipinski definition) is 2. The maximum atomic E-state index is 10.6. The van der Waals surface area contributed by atoms with Crippen molar-refractivity contribution in [2.75, 3.05) is 0 Å². The second kappa shape index (κ2) is 6.60. The molecular weight excluding hydrogens is 180 g/mol. The minimum absolute atomic E-state index is 0.0264. The van der Waals surface area contributed by atoms with Crippen LogP contribution >= 0.6 is 0 Å². The maximum absolute atomic E-state index is 10.6. The Morgan fingerprint density at radius 1 is 1.43 bits per heavy atom. The largest absolute Gasteiger partial charge is 0.478 e. The van der Waals surface area contributed by atoms with E-state index >= 15 is 0 Å². The van der Waals surface area contributed by atoms with E-state index in [1.165, 1.54) is 0 Å². The van der Waals surface area contributed by atoms with Gasteiger partial charge in [-0.15, -0.1) is 0 Å². The molecule has 0 aromatic rings. The van der Waals surface area contributed by atoms with Crippen LogP contribution < -0.4 is 0 Å². The van der Waals surface area contributed by atoms with Crippen molar-refractivity contribution in [3.63, 3.8) is 0 Å². The SMILES string of the molecule is C=C(C(=O)O)C(O)C(CC)CCCC. The van der Waals surface area contributed by atoms with Gasteiger partial charge in [-0.25, -0.2) is 4.79 Å². The van der Waals surface area contributed by atoms with Crippen molar-refractivity contribution < 1.29 is 15.0 Å². The predicted octanol–water partition coefficient (Wildman–Crippen LogP) is 2.20. The molecule has 0 amide bonds. The average molecular weight is 200 g/mol. The number of carboxylic acids is 1. The Hall–Kier alpha value is -0.830. The zero-order chi connectivity index (χ0) is 11.1. The van der Waals surface area contributed by atoms with Crippen LogP contribution in [0.2, 0.25) is 0 Å². The molecule has 3 heteroatoms. The molecule has 0 heterocycles. The van der Waals surface area contributed by atoms with Gasteiger partial charge in [0, 0.05) is 0 Å². The number of unbranched alkanes of at least 4 members (excludes halogenated alkanes) is 1. The topological polar surface area (TPSA) is 57.5 Å². The minimum Gasteiger partial charge on any atom is -0.478 e. The standard InChI is InChI=1S/C11H20O3/c1-4-6-7-9(5-2)10(12)8(3)11(13)14/h9-10,12H,3-7H2,1-2H3,(H,13,14). The van der Waals surface area contributed by atoms with E-state index < -0.39 is 12.1 Å². The van der Waals surface area contributed by atoms with E-state index in [0.29, 0.717) is 0 Å². The summed E-state index contributed by atoms with van der Waals surface area (Å²) < 4.78 is 0. The van der Waals surface area contributed by atoms with E-state index in [-0.39, 0.29) is 11.5 Å². The Labute approximate surface area is 85.4 Å². The van der Waals surface area contributed by atoms with E-state index in [2.05, 4.69) is 13.5 Å². The van der Waals surface area contributed by atoms with E-state index in [1.54, 1.807) is 0 Å². The second-order valence-corrected chi connectivity index (χ2v) is 3.59.